The molecule has 0 N–H and O–H groups in total. The molecule has 0 aliphatic carbocycles. The summed E-state index contributed by atoms with van der Waals surface area (Å²) in [5.41, 5.74) is 2.79. The molecule has 3 aliphatic rings. The average molecular weight is 610 g/mol. The maximum absolute atomic E-state index is 13.3. The molecule has 0 saturated carbocycles. The van der Waals surface area contributed by atoms with Gasteiger partial charge in [0.2, 0.25) is 0 Å². The van der Waals surface area contributed by atoms with Gasteiger partial charge in [0.1, 0.15) is 0 Å². The topological polar surface area (TPSA) is 80.8 Å². The van der Waals surface area contributed by atoms with Crippen LogP contribution in [0.25, 0.3) is 0 Å². The summed E-state index contributed by atoms with van der Waals surface area (Å²) in [5, 5.41) is 0. The van der Waals surface area contributed by atoms with Gasteiger partial charge in [0, 0.05) is 64.0 Å². The molecule has 3 heterocycles. The number of hydrogen-bond donors (Lipinski definition) is 0. The van der Waals surface area contributed by atoms with Crippen LogP contribution >= 0.6 is 0 Å². The lowest BCUT2D eigenvalue weighted by Crippen LogP contribution is -2.54. The number of rotatable bonds is 10. The molecule has 2 aromatic carbocycles. The minimum Gasteiger partial charge on any atom is -0.380 e. The molecule has 9 heteroatoms. The van der Waals surface area contributed by atoms with Crippen LogP contribution in [0.15, 0.2) is 48.5 Å². The first-order valence-electron chi connectivity index (χ1n) is 15.9. The average Bonchev–Trinajstić information content (AvgIpc) is 3.06. The van der Waals surface area contributed by atoms with Crippen molar-refractivity contribution in [3.63, 3.8) is 0 Å². The Balaban J connectivity index is 0.000000204. The zero-order valence-corrected chi connectivity index (χ0v) is 27.3. The third-order valence-corrected chi connectivity index (χ3v) is 9.00. The SMILES string of the molecule is CC(C)(C(=O)c1ccccc1CN1CCOCC1)N1CCOCC1.COCc1ccc(C(=O)C(C)(C)N2CCOCC2)cc1. The highest BCUT2D eigenvalue weighted by molar-refractivity contribution is 6.04. The fraction of sp³-hybridized carbons (Fsp3) is 0.600. The molecule has 3 saturated heterocycles. The fourth-order valence-electron chi connectivity index (χ4n) is 6.01. The number of carbonyl (C=O) groups is 2. The van der Waals surface area contributed by atoms with E-state index in [1.54, 1.807) is 7.11 Å². The Morgan fingerprint density at radius 3 is 1.68 bits per heavy atom. The molecule has 242 valence electrons. The molecule has 9 nitrogen and oxygen atoms in total. The molecule has 3 fully saturated rings. The van der Waals surface area contributed by atoms with Crippen molar-refractivity contribution < 1.29 is 28.5 Å². The first-order chi connectivity index (χ1) is 21.1. The quantitative estimate of drug-likeness (QED) is 0.372. The largest absolute Gasteiger partial charge is 0.380 e. The van der Waals surface area contributed by atoms with Crippen molar-refractivity contribution >= 4 is 11.6 Å². The van der Waals surface area contributed by atoms with Crippen molar-refractivity contribution in [2.24, 2.45) is 0 Å². The molecule has 0 radical (unpaired) electrons. The van der Waals surface area contributed by atoms with Gasteiger partial charge in [-0.1, -0.05) is 48.5 Å². The number of Topliss-reactive ketones (excluding diaryl/α,β-unsaturated/α-hetero) is 2. The van der Waals surface area contributed by atoms with E-state index in [1.165, 1.54) is 0 Å². The van der Waals surface area contributed by atoms with Crippen molar-refractivity contribution in [3.8, 4) is 0 Å². The van der Waals surface area contributed by atoms with Gasteiger partial charge in [-0.3, -0.25) is 24.3 Å². The molecular weight excluding hydrogens is 558 g/mol. The van der Waals surface area contributed by atoms with E-state index in [0.717, 1.165) is 81.3 Å². The van der Waals surface area contributed by atoms with Crippen molar-refractivity contribution in [2.45, 2.75) is 51.9 Å². The highest BCUT2D eigenvalue weighted by Gasteiger charge is 2.37. The zero-order chi connectivity index (χ0) is 31.6. The van der Waals surface area contributed by atoms with E-state index in [4.69, 9.17) is 18.9 Å². The van der Waals surface area contributed by atoms with Crippen LogP contribution in [0.2, 0.25) is 0 Å². The highest BCUT2D eigenvalue weighted by atomic mass is 16.5. The summed E-state index contributed by atoms with van der Waals surface area (Å²) in [6.07, 6.45) is 0. The van der Waals surface area contributed by atoms with Gasteiger partial charge < -0.3 is 18.9 Å². The summed E-state index contributed by atoms with van der Waals surface area (Å²) in [7, 11) is 1.67. The van der Waals surface area contributed by atoms with E-state index >= 15 is 0 Å². The van der Waals surface area contributed by atoms with E-state index in [2.05, 4.69) is 20.8 Å². The van der Waals surface area contributed by atoms with Crippen LogP contribution in [0.3, 0.4) is 0 Å². The smallest absolute Gasteiger partial charge is 0.182 e. The van der Waals surface area contributed by atoms with Gasteiger partial charge in [0.25, 0.3) is 0 Å². The Hall–Kier alpha value is -2.50. The predicted octanol–water partition coefficient (Wildman–Crippen LogP) is 3.94. The Morgan fingerprint density at radius 1 is 0.682 bits per heavy atom. The van der Waals surface area contributed by atoms with Gasteiger partial charge in [-0.15, -0.1) is 0 Å². The fourth-order valence-corrected chi connectivity index (χ4v) is 6.01. The third kappa shape index (κ3) is 8.81. The van der Waals surface area contributed by atoms with E-state index in [0.29, 0.717) is 33.0 Å². The van der Waals surface area contributed by atoms with Crippen molar-refractivity contribution in [1.29, 1.82) is 0 Å². The van der Waals surface area contributed by atoms with Crippen LogP contribution in [0.4, 0.5) is 0 Å². The molecular formula is C35H51N3O6. The minimum atomic E-state index is -0.509. The molecule has 0 atom stereocenters. The van der Waals surface area contributed by atoms with E-state index in [9.17, 15) is 9.59 Å². The maximum Gasteiger partial charge on any atom is 0.182 e. The number of benzene rings is 2. The maximum atomic E-state index is 13.3. The molecule has 0 aromatic heterocycles. The lowest BCUT2D eigenvalue weighted by molar-refractivity contribution is -0.00449. The lowest BCUT2D eigenvalue weighted by atomic mass is 9.88. The van der Waals surface area contributed by atoms with Crippen molar-refractivity contribution in [3.05, 3.63) is 70.8 Å². The molecule has 0 unspecified atom stereocenters. The molecule has 2 aromatic rings. The van der Waals surface area contributed by atoms with Gasteiger partial charge >= 0.3 is 0 Å². The Kier molecular flexibility index (Phi) is 12.6. The van der Waals surface area contributed by atoms with Crippen LogP contribution in [-0.4, -0.2) is 123 Å². The summed E-state index contributed by atoms with van der Waals surface area (Å²) < 4.78 is 21.3. The monoisotopic (exact) mass is 609 g/mol. The number of ether oxygens (including phenoxy) is 4. The van der Waals surface area contributed by atoms with Crippen molar-refractivity contribution in [1.82, 2.24) is 14.7 Å². The number of morpholine rings is 3. The van der Waals surface area contributed by atoms with Crippen LogP contribution in [0.1, 0.15) is 59.5 Å². The van der Waals surface area contributed by atoms with Gasteiger partial charge in [0.15, 0.2) is 11.6 Å². The third-order valence-electron chi connectivity index (χ3n) is 9.00. The van der Waals surface area contributed by atoms with Gasteiger partial charge in [-0.2, -0.15) is 0 Å². The van der Waals surface area contributed by atoms with Gasteiger partial charge in [-0.25, -0.2) is 0 Å². The van der Waals surface area contributed by atoms with Crippen molar-refractivity contribution in [2.75, 3.05) is 86.0 Å². The summed E-state index contributed by atoms with van der Waals surface area (Å²) in [4.78, 5) is 32.8. The van der Waals surface area contributed by atoms with E-state index in [1.807, 2.05) is 70.2 Å². The number of methoxy groups -OCH3 is 1. The van der Waals surface area contributed by atoms with Crippen LogP contribution in [0, 0.1) is 0 Å². The first-order valence-corrected chi connectivity index (χ1v) is 15.9. The van der Waals surface area contributed by atoms with E-state index in [-0.39, 0.29) is 11.6 Å². The molecule has 44 heavy (non-hydrogen) atoms. The molecule has 0 bridgehead atoms. The highest BCUT2D eigenvalue weighted by Crippen LogP contribution is 2.25. The summed E-state index contributed by atoms with van der Waals surface area (Å²) in [5.74, 6) is 0.358. The normalized spacial score (nSPS) is 19.2. The summed E-state index contributed by atoms with van der Waals surface area (Å²) in [6, 6.07) is 15.7. The molecule has 3 aliphatic heterocycles. The molecule has 5 rings (SSSR count). The zero-order valence-electron chi connectivity index (χ0n) is 27.3. The van der Waals surface area contributed by atoms with Crippen LogP contribution in [0.5, 0.6) is 0 Å². The number of carbonyl (C=O) groups excluding carboxylic acids is 2. The standard InChI is InChI=1S/C19H28N2O3.C16H23NO3/c1-19(2,21-9-13-24-14-10-21)18(22)17-6-4-3-5-16(17)15-20-7-11-23-12-8-20;1-16(2,17-8-10-20-11-9-17)15(18)14-6-4-13(5-7-14)12-19-3/h3-6H,7-15H2,1-2H3;4-7H,8-12H2,1-3H3. The number of ketones is 2. The second kappa shape index (κ2) is 16.2. The Bertz CT molecular complexity index is 1200. The molecule has 0 spiro atoms. The predicted molar refractivity (Wildman–Crippen MR) is 171 cm³/mol. The van der Waals surface area contributed by atoms with Gasteiger partial charge in [0.05, 0.1) is 57.3 Å². The first kappa shape index (κ1) is 34.4. The number of hydrogen-bond acceptors (Lipinski definition) is 9. The molecule has 0 amide bonds. The second-order valence-corrected chi connectivity index (χ2v) is 12.7. The Morgan fingerprint density at radius 2 is 1.16 bits per heavy atom. The summed E-state index contributed by atoms with van der Waals surface area (Å²) >= 11 is 0. The number of nitrogens with zero attached hydrogens (tertiary/aromatic N) is 3. The van der Waals surface area contributed by atoms with E-state index < -0.39 is 11.1 Å². The second-order valence-electron chi connectivity index (χ2n) is 12.7. The van der Waals surface area contributed by atoms with Crippen LogP contribution < -0.4 is 0 Å². The lowest BCUT2D eigenvalue weighted by Gasteiger charge is -2.40. The van der Waals surface area contributed by atoms with Gasteiger partial charge in [-0.05, 0) is 38.8 Å². The summed E-state index contributed by atoms with van der Waals surface area (Å²) in [6.45, 7) is 18.9. The Labute approximate surface area is 263 Å². The van der Waals surface area contributed by atoms with Crippen LogP contribution in [-0.2, 0) is 32.1 Å². The minimum absolute atomic E-state index is 0.156.